The van der Waals surface area contributed by atoms with Crippen LogP contribution in [0, 0.1) is 5.92 Å². The largest absolute Gasteiger partial charge is 0.478 e. The van der Waals surface area contributed by atoms with Gasteiger partial charge >= 0.3 is 5.97 Å². The molecule has 0 bridgehead atoms. The second-order valence-electron chi connectivity index (χ2n) is 6.01. The first-order chi connectivity index (χ1) is 9.56. The molecule has 1 aromatic rings. The molecule has 2 N–H and O–H groups in total. The summed E-state index contributed by atoms with van der Waals surface area (Å²) in [6.07, 6.45) is 6.50. The predicted molar refractivity (Wildman–Crippen MR) is 80.4 cm³/mol. The van der Waals surface area contributed by atoms with Crippen LogP contribution >= 0.6 is 0 Å². The van der Waals surface area contributed by atoms with E-state index < -0.39 is 5.97 Å². The van der Waals surface area contributed by atoms with Crippen LogP contribution in [0.3, 0.4) is 0 Å². The second kappa shape index (κ2) is 6.73. The number of carboxylic acids is 1. The molecule has 20 heavy (non-hydrogen) atoms. The van der Waals surface area contributed by atoms with Gasteiger partial charge in [-0.2, -0.15) is 0 Å². The summed E-state index contributed by atoms with van der Waals surface area (Å²) in [5, 5.41) is 12.5. The van der Waals surface area contributed by atoms with Gasteiger partial charge in [-0.1, -0.05) is 33.1 Å². The van der Waals surface area contributed by atoms with Crippen LogP contribution < -0.4 is 5.32 Å². The molecular weight excluding hydrogens is 252 g/mol. The van der Waals surface area contributed by atoms with Gasteiger partial charge in [0.1, 0.15) is 5.82 Å². The number of aromatic nitrogens is 1. The van der Waals surface area contributed by atoms with Crippen molar-refractivity contribution in [1.82, 2.24) is 4.98 Å². The van der Waals surface area contributed by atoms with E-state index in [1.807, 2.05) is 13.8 Å². The Morgan fingerprint density at radius 1 is 1.35 bits per heavy atom. The van der Waals surface area contributed by atoms with Gasteiger partial charge in [0.25, 0.3) is 0 Å². The van der Waals surface area contributed by atoms with E-state index in [2.05, 4.69) is 10.3 Å². The maximum absolute atomic E-state index is 11.2. The number of rotatable bonds is 5. The minimum atomic E-state index is -0.894. The van der Waals surface area contributed by atoms with Crippen molar-refractivity contribution in [2.45, 2.75) is 51.9 Å². The van der Waals surface area contributed by atoms with Gasteiger partial charge in [0.2, 0.25) is 0 Å². The fourth-order valence-corrected chi connectivity index (χ4v) is 2.70. The molecule has 2 rings (SSSR count). The van der Waals surface area contributed by atoms with Crippen LogP contribution in [-0.2, 0) is 0 Å². The van der Waals surface area contributed by atoms with Crippen molar-refractivity contribution in [3.05, 3.63) is 23.4 Å². The van der Waals surface area contributed by atoms with Crippen LogP contribution in [0.4, 0.5) is 5.82 Å². The van der Waals surface area contributed by atoms with Gasteiger partial charge in [0.15, 0.2) is 0 Å². The van der Waals surface area contributed by atoms with Gasteiger partial charge < -0.3 is 10.4 Å². The summed E-state index contributed by atoms with van der Waals surface area (Å²) in [4.78, 5) is 15.7. The highest BCUT2D eigenvalue weighted by Gasteiger charge is 2.15. The molecule has 0 saturated heterocycles. The van der Waals surface area contributed by atoms with Gasteiger partial charge in [-0.25, -0.2) is 9.78 Å². The number of aromatic carboxylic acids is 1. The van der Waals surface area contributed by atoms with Gasteiger partial charge in [-0.3, -0.25) is 0 Å². The van der Waals surface area contributed by atoms with E-state index in [9.17, 15) is 9.90 Å². The highest BCUT2D eigenvalue weighted by atomic mass is 16.4. The standard InChI is InChI=1S/C16H24N2O2/c1-11(2)14-8-13(16(19)20)9-15(18-14)17-10-12-6-4-3-5-7-12/h8-9,11-12H,3-7,10H2,1-2H3,(H,17,18)(H,19,20). The third kappa shape index (κ3) is 3.95. The molecule has 0 amide bonds. The van der Waals surface area contributed by atoms with E-state index in [-0.39, 0.29) is 5.92 Å². The lowest BCUT2D eigenvalue weighted by atomic mass is 9.89. The predicted octanol–water partition coefficient (Wildman–Crippen LogP) is 3.90. The van der Waals surface area contributed by atoms with Crippen LogP contribution in [0.2, 0.25) is 0 Å². The maximum Gasteiger partial charge on any atom is 0.335 e. The molecule has 0 spiro atoms. The lowest BCUT2D eigenvalue weighted by Crippen LogP contribution is -2.18. The molecule has 0 unspecified atom stereocenters. The Bertz CT molecular complexity index is 466. The zero-order chi connectivity index (χ0) is 14.5. The summed E-state index contributed by atoms with van der Waals surface area (Å²) in [7, 11) is 0. The highest BCUT2D eigenvalue weighted by molar-refractivity contribution is 5.88. The van der Waals surface area contributed by atoms with E-state index in [1.165, 1.54) is 32.1 Å². The Labute approximate surface area is 120 Å². The normalized spacial score (nSPS) is 16.4. The number of anilines is 1. The Morgan fingerprint density at radius 2 is 2.05 bits per heavy atom. The van der Waals surface area contributed by atoms with Gasteiger partial charge in [-0.15, -0.1) is 0 Å². The highest BCUT2D eigenvalue weighted by Crippen LogP contribution is 2.24. The van der Waals surface area contributed by atoms with Crippen LogP contribution in [0.5, 0.6) is 0 Å². The SMILES string of the molecule is CC(C)c1cc(C(=O)O)cc(NCC2CCCCC2)n1. The molecule has 110 valence electrons. The fourth-order valence-electron chi connectivity index (χ4n) is 2.70. The van der Waals surface area contributed by atoms with Crippen molar-refractivity contribution in [3.63, 3.8) is 0 Å². The number of nitrogens with zero attached hydrogens (tertiary/aromatic N) is 1. The first-order valence-electron chi connectivity index (χ1n) is 7.55. The number of carboxylic acid groups (broad SMARTS) is 1. The Kier molecular flexibility index (Phi) is 4.99. The summed E-state index contributed by atoms with van der Waals surface area (Å²) in [5.74, 6) is 0.722. The van der Waals surface area contributed by atoms with E-state index >= 15 is 0 Å². The average molecular weight is 276 g/mol. The molecule has 4 heteroatoms. The molecular formula is C16H24N2O2. The smallest absolute Gasteiger partial charge is 0.335 e. The molecule has 1 aliphatic rings. The summed E-state index contributed by atoms with van der Waals surface area (Å²) in [6, 6.07) is 3.30. The molecule has 1 fully saturated rings. The molecule has 1 heterocycles. The zero-order valence-corrected chi connectivity index (χ0v) is 12.4. The molecule has 4 nitrogen and oxygen atoms in total. The number of nitrogens with one attached hydrogen (secondary N) is 1. The topological polar surface area (TPSA) is 62.2 Å². The summed E-state index contributed by atoms with van der Waals surface area (Å²) in [6.45, 7) is 4.95. The van der Waals surface area contributed by atoms with E-state index in [0.717, 1.165) is 12.2 Å². The van der Waals surface area contributed by atoms with E-state index in [1.54, 1.807) is 12.1 Å². The van der Waals surface area contributed by atoms with Crippen molar-refractivity contribution in [2.75, 3.05) is 11.9 Å². The summed E-state index contributed by atoms with van der Waals surface area (Å²) < 4.78 is 0. The monoisotopic (exact) mass is 276 g/mol. The molecule has 0 atom stereocenters. The molecule has 1 saturated carbocycles. The van der Waals surface area contributed by atoms with Crippen LogP contribution in [0.25, 0.3) is 0 Å². The number of hydrogen-bond acceptors (Lipinski definition) is 3. The first kappa shape index (κ1) is 14.8. The minimum absolute atomic E-state index is 0.226. The Hall–Kier alpha value is -1.58. The Morgan fingerprint density at radius 3 is 2.65 bits per heavy atom. The molecule has 0 aliphatic heterocycles. The third-order valence-electron chi connectivity index (χ3n) is 3.98. The van der Waals surface area contributed by atoms with Gasteiger partial charge in [0.05, 0.1) is 5.56 Å². The lowest BCUT2D eigenvalue weighted by molar-refractivity contribution is 0.0696. The molecule has 0 aromatic carbocycles. The van der Waals surface area contributed by atoms with Crippen molar-refractivity contribution < 1.29 is 9.90 Å². The van der Waals surface area contributed by atoms with Crippen molar-refractivity contribution in [3.8, 4) is 0 Å². The number of pyridine rings is 1. The van der Waals surface area contributed by atoms with Crippen molar-refractivity contribution >= 4 is 11.8 Å². The quantitative estimate of drug-likeness (QED) is 0.856. The summed E-state index contributed by atoms with van der Waals surface area (Å²) >= 11 is 0. The van der Waals surface area contributed by atoms with E-state index in [0.29, 0.717) is 17.3 Å². The fraction of sp³-hybridized carbons (Fsp3) is 0.625. The van der Waals surface area contributed by atoms with Crippen molar-refractivity contribution in [1.29, 1.82) is 0 Å². The lowest BCUT2D eigenvalue weighted by Gasteiger charge is -2.22. The minimum Gasteiger partial charge on any atom is -0.478 e. The number of hydrogen-bond donors (Lipinski definition) is 2. The first-order valence-corrected chi connectivity index (χ1v) is 7.55. The summed E-state index contributed by atoms with van der Waals surface area (Å²) in [5.41, 5.74) is 1.14. The van der Waals surface area contributed by atoms with Crippen LogP contribution in [0.15, 0.2) is 12.1 Å². The molecule has 1 aromatic heterocycles. The Balaban J connectivity index is 2.07. The van der Waals surface area contributed by atoms with Crippen LogP contribution in [-0.4, -0.2) is 22.6 Å². The number of carbonyl (C=O) groups is 1. The van der Waals surface area contributed by atoms with Gasteiger partial charge in [-0.05, 0) is 36.8 Å². The maximum atomic E-state index is 11.2. The van der Waals surface area contributed by atoms with Crippen molar-refractivity contribution in [2.24, 2.45) is 5.92 Å². The van der Waals surface area contributed by atoms with Gasteiger partial charge in [0, 0.05) is 12.2 Å². The average Bonchev–Trinajstić information content (AvgIpc) is 2.45. The second-order valence-corrected chi connectivity index (χ2v) is 6.01. The zero-order valence-electron chi connectivity index (χ0n) is 12.4. The van der Waals surface area contributed by atoms with Crippen LogP contribution in [0.1, 0.15) is 67.9 Å². The third-order valence-corrected chi connectivity index (χ3v) is 3.98. The molecule has 1 aliphatic carbocycles. The molecule has 0 radical (unpaired) electrons. The van der Waals surface area contributed by atoms with E-state index in [4.69, 9.17) is 0 Å².